The molecule has 5 heteroatoms. The minimum Gasteiger partial charge on any atom is -0.492 e. The van der Waals surface area contributed by atoms with E-state index >= 15 is 0 Å². The van der Waals surface area contributed by atoms with Crippen LogP contribution in [0.3, 0.4) is 0 Å². The quantitative estimate of drug-likeness (QED) is 0.649. The summed E-state index contributed by atoms with van der Waals surface area (Å²) in [6.45, 7) is 12.9. The zero-order chi connectivity index (χ0) is 19.5. The Morgan fingerprint density at radius 2 is 1.64 bits per heavy atom. The molecule has 0 N–H and O–H groups in total. The summed E-state index contributed by atoms with van der Waals surface area (Å²) in [5.41, 5.74) is 5.53. The zero-order valence-corrected chi connectivity index (χ0v) is 17.1. The lowest BCUT2D eigenvalue weighted by atomic mass is 10.1. The van der Waals surface area contributed by atoms with Crippen molar-refractivity contribution < 1.29 is 9.15 Å². The highest BCUT2D eigenvalue weighted by molar-refractivity contribution is 5.73. The van der Waals surface area contributed by atoms with Gasteiger partial charge in [0.15, 0.2) is 5.58 Å². The molecule has 0 atom stereocenters. The van der Waals surface area contributed by atoms with Gasteiger partial charge in [0, 0.05) is 32.7 Å². The second kappa shape index (κ2) is 8.33. The van der Waals surface area contributed by atoms with Crippen molar-refractivity contribution in [3.63, 3.8) is 0 Å². The Bertz CT molecular complexity index is 942. The maximum Gasteiger partial charge on any atom is 0.209 e. The largest absolute Gasteiger partial charge is 0.492 e. The van der Waals surface area contributed by atoms with Crippen LogP contribution in [0, 0.1) is 20.8 Å². The van der Waals surface area contributed by atoms with Crippen LogP contribution in [-0.4, -0.2) is 54.1 Å². The summed E-state index contributed by atoms with van der Waals surface area (Å²) in [6, 6.07) is 12.5. The van der Waals surface area contributed by atoms with Crippen LogP contribution < -0.4 is 4.74 Å². The summed E-state index contributed by atoms with van der Waals surface area (Å²) >= 11 is 0. The molecule has 1 aromatic heterocycles. The Hall–Kier alpha value is -2.37. The van der Waals surface area contributed by atoms with Crippen LogP contribution in [0.15, 0.2) is 40.8 Å². The van der Waals surface area contributed by atoms with Crippen molar-refractivity contribution in [2.24, 2.45) is 0 Å². The molecule has 2 heterocycles. The van der Waals surface area contributed by atoms with Crippen molar-refractivity contribution in [2.75, 3.05) is 39.3 Å². The fraction of sp³-hybridized carbons (Fsp3) is 0.435. The van der Waals surface area contributed by atoms with Gasteiger partial charge in [-0.3, -0.25) is 9.80 Å². The van der Waals surface area contributed by atoms with E-state index in [2.05, 4.69) is 65.9 Å². The first kappa shape index (κ1) is 19.0. The highest BCUT2D eigenvalue weighted by Gasteiger charge is 2.19. The maximum atomic E-state index is 5.98. The molecule has 28 heavy (non-hydrogen) atoms. The van der Waals surface area contributed by atoms with Crippen molar-refractivity contribution >= 4 is 11.1 Å². The first-order valence-corrected chi connectivity index (χ1v) is 10.1. The molecule has 1 aliphatic heterocycles. The number of aryl methyl sites for hydroxylation is 3. The first-order valence-electron chi connectivity index (χ1n) is 10.1. The van der Waals surface area contributed by atoms with Crippen molar-refractivity contribution in [3.05, 3.63) is 59.0 Å². The lowest BCUT2D eigenvalue weighted by Crippen LogP contribution is -2.47. The van der Waals surface area contributed by atoms with Gasteiger partial charge in [-0.2, -0.15) is 0 Å². The fourth-order valence-electron chi connectivity index (χ4n) is 3.76. The smallest absolute Gasteiger partial charge is 0.209 e. The molecule has 0 aliphatic carbocycles. The molecule has 2 aromatic carbocycles. The van der Waals surface area contributed by atoms with Crippen LogP contribution in [0.5, 0.6) is 5.75 Å². The molecule has 0 radical (unpaired) electrons. The molecular weight excluding hydrogens is 350 g/mol. The van der Waals surface area contributed by atoms with E-state index in [0.29, 0.717) is 0 Å². The molecule has 148 valence electrons. The monoisotopic (exact) mass is 379 g/mol. The standard InChI is InChI=1S/C23H29N3O2/c1-17-4-6-21(19(3)14-17)27-13-12-25-8-10-26(11-9-25)16-23-24-20-15-18(2)5-7-22(20)28-23/h4-7,14-15H,8-13,16H2,1-3H3. The maximum absolute atomic E-state index is 5.98. The Morgan fingerprint density at radius 3 is 2.43 bits per heavy atom. The topological polar surface area (TPSA) is 41.7 Å². The van der Waals surface area contributed by atoms with Gasteiger partial charge >= 0.3 is 0 Å². The number of hydrogen-bond acceptors (Lipinski definition) is 5. The minimum atomic E-state index is 0.731. The molecule has 1 aliphatic rings. The Balaban J connectivity index is 1.23. The molecule has 5 nitrogen and oxygen atoms in total. The number of piperazine rings is 1. The highest BCUT2D eigenvalue weighted by atomic mass is 16.5. The van der Waals surface area contributed by atoms with E-state index in [-0.39, 0.29) is 0 Å². The molecule has 3 aromatic rings. The second-order valence-corrected chi connectivity index (χ2v) is 7.81. The summed E-state index contributed by atoms with van der Waals surface area (Å²) in [7, 11) is 0. The van der Waals surface area contributed by atoms with Crippen LogP contribution >= 0.6 is 0 Å². The molecule has 1 saturated heterocycles. The van der Waals surface area contributed by atoms with Gasteiger partial charge in [-0.25, -0.2) is 4.98 Å². The fourth-order valence-corrected chi connectivity index (χ4v) is 3.76. The summed E-state index contributed by atoms with van der Waals surface area (Å²) in [6.07, 6.45) is 0. The molecule has 0 bridgehead atoms. The van der Waals surface area contributed by atoms with E-state index in [9.17, 15) is 0 Å². The second-order valence-electron chi connectivity index (χ2n) is 7.81. The number of rotatable bonds is 6. The molecular formula is C23H29N3O2. The van der Waals surface area contributed by atoms with E-state index in [1.54, 1.807) is 0 Å². The van der Waals surface area contributed by atoms with E-state index in [0.717, 1.165) is 68.6 Å². The van der Waals surface area contributed by atoms with E-state index in [1.807, 2.05) is 6.07 Å². The molecule has 0 spiro atoms. The lowest BCUT2D eigenvalue weighted by molar-refractivity contribution is 0.106. The molecule has 0 amide bonds. The summed E-state index contributed by atoms with van der Waals surface area (Å²) in [5, 5.41) is 0. The summed E-state index contributed by atoms with van der Waals surface area (Å²) in [4.78, 5) is 9.53. The number of aromatic nitrogens is 1. The van der Waals surface area contributed by atoms with Gasteiger partial charge < -0.3 is 9.15 Å². The van der Waals surface area contributed by atoms with Crippen molar-refractivity contribution in [1.82, 2.24) is 14.8 Å². The molecule has 4 rings (SSSR count). The zero-order valence-electron chi connectivity index (χ0n) is 17.1. The van der Waals surface area contributed by atoms with Crippen LogP contribution in [0.25, 0.3) is 11.1 Å². The van der Waals surface area contributed by atoms with Crippen LogP contribution in [0.1, 0.15) is 22.6 Å². The third kappa shape index (κ3) is 4.54. The highest BCUT2D eigenvalue weighted by Crippen LogP contribution is 2.20. The van der Waals surface area contributed by atoms with E-state index in [4.69, 9.17) is 9.15 Å². The van der Waals surface area contributed by atoms with Gasteiger partial charge in [0.05, 0.1) is 6.54 Å². The third-order valence-electron chi connectivity index (χ3n) is 5.41. The lowest BCUT2D eigenvalue weighted by Gasteiger charge is -2.33. The van der Waals surface area contributed by atoms with Gasteiger partial charge in [-0.1, -0.05) is 23.8 Å². The summed E-state index contributed by atoms with van der Waals surface area (Å²) in [5.74, 6) is 1.81. The third-order valence-corrected chi connectivity index (χ3v) is 5.41. The Labute approximate surface area is 166 Å². The number of nitrogens with zero attached hydrogens (tertiary/aromatic N) is 3. The molecule has 0 saturated carbocycles. The minimum absolute atomic E-state index is 0.731. The summed E-state index contributed by atoms with van der Waals surface area (Å²) < 4.78 is 11.9. The predicted molar refractivity (Wildman–Crippen MR) is 112 cm³/mol. The first-order chi connectivity index (χ1) is 13.6. The number of ether oxygens (including phenoxy) is 1. The van der Waals surface area contributed by atoms with E-state index < -0.39 is 0 Å². The van der Waals surface area contributed by atoms with Crippen LogP contribution in [0.4, 0.5) is 0 Å². The molecule has 0 unspecified atom stereocenters. The average Bonchev–Trinajstić information content (AvgIpc) is 3.06. The van der Waals surface area contributed by atoms with E-state index in [1.165, 1.54) is 16.7 Å². The normalized spacial score (nSPS) is 16.0. The predicted octanol–water partition coefficient (Wildman–Crippen LogP) is 3.95. The van der Waals surface area contributed by atoms with Crippen molar-refractivity contribution in [1.29, 1.82) is 0 Å². The van der Waals surface area contributed by atoms with Gasteiger partial charge in [0.1, 0.15) is 17.9 Å². The van der Waals surface area contributed by atoms with Crippen molar-refractivity contribution in [2.45, 2.75) is 27.3 Å². The van der Waals surface area contributed by atoms with Crippen LogP contribution in [-0.2, 0) is 6.54 Å². The van der Waals surface area contributed by atoms with Gasteiger partial charge in [-0.05, 0) is 50.1 Å². The number of benzene rings is 2. The average molecular weight is 380 g/mol. The molecule has 1 fully saturated rings. The van der Waals surface area contributed by atoms with Gasteiger partial charge in [0.2, 0.25) is 5.89 Å². The van der Waals surface area contributed by atoms with Gasteiger partial charge in [-0.15, -0.1) is 0 Å². The SMILES string of the molecule is Cc1ccc(OCCN2CCN(Cc3nc4cc(C)ccc4o3)CC2)c(C)c1. The Kier molecular flexibility index (Phi) is 5.64. The Morgan fingerprint density at radius 1 is 0.929 bits per heavy atom. The number of fused-ring (bicyclic) bond motifs is 1. The van der Waals surface area contributed by atoms with Crippen molar-refractivity contribution in [3.8, 4) is 5.75 Å². The van der Waals surface area contributed by atoms with Crippen LogP contribution in [0.2, 0.25) is 0 Å². The number of hydrogen-bond donors (Lipinski definition) is 0. The number of oxazole rings is 1. The van der Waals surface area contributed by atoms with Gasteiger partial charge in [0.25, 0.3) is 0 Å².